The van der Waals surface area contributed by atoms with Crippen LogP contribution in [0.2, 0.25) is 0 Å². The van der Waals surface area contributed by atoms with Crippen molar-refractivity contribution in [2.75, 3.05) is 5.73 Å². The van der Waals surface area contributed by atoms with Gasteiger partial charge in [0.1, 0.15) is 0 Å². The van der Waals surface area contributed by atoms with Crippen molar-refractivity contribution in [3.05, 3.63) is 48.7 Å². The zero-order valence-electron chi connectivity index (χ0n) is 9.59. The average Bonchev–Trinajstić information content (AvgIpc) is 2.69. The number of aromatic nitrogens is 2. The highest BCUT2D eigenvalue weighted by Crippen LogP contribution is 2.28. The molecule has 3 nitrogen and oxygen atoms in total. The Labute approximate surface area is 99.5 Å². The van der Waals surface area contributed by atoms with E-state index in [2.05, 4.69) is 35.3 Å². The fourth-order valence-electron chi connectivity index (χ4n) is 2.12. The molecule has 0 saturated heterocycles. The summed E-state index contributed by atoms with van der Waals surface area (Å²) in [5.74, 6) is 0.535. The van der Waals surface area contributed by atoms with E-state index >= 15 is 0 Å². The van der Waals surface area contributed by atoms with Crippen molar-refractivity contribution in [2.45, 2.75) is 0 Å². The van der Waals surface area contributed by atoms with Crippen molar-refractivity contribution >= 4 is 16.7 Å². The molecular formula is C14H13N3. The number of nitrogens with zero attached hydrogens (tertiary/aromatic N) is 2. The number of fused-ring (bicyclic) bond motifs is 1. The molecule has 84 valence electrons. The van der Waals surface area contributed by atoms with Crippen LogP contribution in [0.15, 0.2) is 48.7 Å². The van der Waals surface area contributed by atoms with E-state index in [0.29, 0.717) is 5.95 Å². The first-order chi connectivity index (χ1) is 8.27. The van der Waals surface area contributed by atoms with E-state index < -0.39 is 0 Å². The number of rotatable bonds is 1. The molecule has 2 N–H and O–H groups in total. The van der Waals surface area contributed by atoms with E-state index in [-0.39, 0.29) is 0 Å². The second-order valence-electron chi connectivity index (χ2n) is 4.09. The average molecular weight is 223 g/mol. The molecule has 0 bridgehead atoms. The summed E-state index contributed by atoms with van der Waals surface area (Å²) in [5, 5.41) is 2.45. The topological polar surface area (TPSA) is 43.8 Å². The molecular weight excluding hydrogens is 210 g/mol. The Balaban J connectivity index is 2.34. The van der Waals surface area contributed by atoms with Gasteiger partial charge in [-0.3, -0.25) is 0 Å². The van der Waals surface area contributed by atoms with Crippen molar-refractivity contribution in [3.8, 4) is 11.3 Å². The van der Waals surface area contributed by atoms with E-state index in [0.717, 1.165) is 11.3 Å². The minimum atomic E-state index is 0.535. The number of hydrogen-bond acceptors (Lipinski definition) is 2. The van der Waals surface area contributed by atoms with Gasteiger partial charge in [-0.05, 0) is 10.8 Å². The molecule has 0 radical (unpaired) electrons. The molecule has 1 aromatic heterocycles. The molecule has 0 fully saturated rings. The maximum atomic E-state index is 5.77. The van der Waals surface area contributed by atoms with Crippen LogP contribution in [-0.2, 0) is 7.05 Å². The van der Waals surface area contributed by atoms with Gasteiger partial charge in [0.25, 0.3) is 0 Å². The van der Waals surface area contributed by atoms with Crippen LogP contribution in [-0.4, -0.2) is 9.55 Å². The van der Waals surface area contributed by atoms with Crippen LogP contribution in [0.1, 0.15) is 0 Å². The Kier molecular flexibility index (Phi) is 2.11. The van der Waals surface area contributed by atoms with E-state index in [4.69, 9.17) is 5.73 Å². The number of imidazole rings is 1. The maximum absolute atomic E-state index is 5.77. The lowest BCUT2D eigenvalue weighted by atomic mass is 10.0. The maximum Gasteiger partial charge on any atom is 0.200 e. The Hall–Kier alpha value is -2.29. The van der Waals surface area contributed by atoms with Gasteiger partial charge in [0.05, 0.1) is 11.9 Å². The first-order valence-electron chi connectivity index (χ1n) is 5.52. The molecule has 0 aliphatic heterocycles. The minimum Gasteiger partial charge on any atom is -0.369 e. The summed E-state index contributed by atoms with van der Waals surface area (Å²) < 4.78 is 1.90. The van der Waals surface area contributed by atoms with Crippen LogP contribution in [0.5, 0.6) is 0 Å². The van der Waals surface area contributed by atoms with Gasteiger partial charge in [0.2, 0.25) is 0 Å². The quantitative estimate of drug-likeness (QED) is 0.689. The second kappa shape index (κ2) is 3.63. The largest absolute Gasteiger partial charge is 0.369 e. The highest BCUT2D eigenvalue weighted by molar-refractivity contribution is 5.95. The lowest BCUT2D eigenvalue weighted by molar-refractivity contribution is 0.939. The third-order valence-electron chi connectivity index (χ3n) is 3.09. The first kappa shape index (κ1) is 9.90. The van der Waals surface area contributed by atoms with Crippen molar-refractivity contribution < 1.29 is 0 Å². The van der Waals surface area contributed by atoms with Gasteiger partial charge >= 0.3 is 0 Å². The SMILES string of the molecule is Cn1c(-c2cccc3ccccc23)cnc1N. The van der Waals surface area contributed by atoms with Crippen LogP contribution >= 0.6 is 0 Å². The Morgan fingerprint density at radius 2 is 1.82 bits per heavy atom. The monoisotopic (exact) mass is 223 g/mol. The predicted octanol–water partition coefficient (Wildman–Crippen LogP) is 2.82. The molecule has 0 atom stereocenters. The molecule has 0 unspecified atom stereocenters. The smallest absolute Gasteiger partial charge is 0.200 e. The molecule has 0 saturated carbocycles. The fourth-order valence-corrected chi connectivity index (χ4v) is 2.12. The Morgan fingerprint density at radius 3 is 2.59 bits per heavy atom. The summed E-state index contributed by atoms with van der Waals surface area (Å²) in [5.41, 5.74) is 7.98. The van der Waals surface area contributed by atoms with Gasteiger partial charge in [-0.15, -0.1) is 0 Å². The second-order valence-corrected chi connectivity index (χ2v) is 4.09. The summed E-state index contributed by atoms with van der Waals surface area (Å²) in [7, 11) is 1.93. The van der Waals surface area contributed by atoms with E-state index in [1.54, 1.807) is 0 Å². The van der Waals surface area contributed by atoms with Gasteiger partial charge in [-0.2, -0.15) is 0 Å². The molecule has 0 aliphatic rings. The lowest BCUT2D eigenvalue weighted by Gasteiger charge is -2.07. The van der Waals surface area contributed by atoms with Crippen molar-refractivity contribution in [1.29, 1.82) is 0 Å². The highest BCUT2D eigenvalue weighted by atomic mass is 15.1. The van der Waals surface area contributed by atoms with Crippen molar-refractivity contribution in [3.63, 3.8) is 0 Å². The van der Waals surface area contributed by atoms with Gasteiger partial charge in [-0.1, -0.05) is 42.5 Å². The van der Waals surface area contributed by atoms with Crippen LogP contribution < -0.4 is 5.73 Å². The van der Waals surface area contributed by atoms with E-state index in [1.807, 2.05) is 29.9 Å². The summed E-state index contributed by atoms with van der Waals surface area (Å²) in [6.45, 7) is 0. The summed E-state index contributed by atoms with van der Waals surface area (Å²) in [6.07, 6.45) is 1.82. The number of nitrogens with two attached hydrogens (primary N) is 1. The summed E-state index contributed by atoms with van der Waals surface area (Å²) in [6, 6.07) is 14.6. The summed E-state index contributed by atoms with van der Waals surface area (Å²) in [4.78, 5) is 4.14. The Bertz CT molecular complexity index is 678. The molecule has 3 heteroatoms. The summed E-state index contributed by atoms with van der Waals surface area (Å²) >= 11 is 0. The van der Waals surface area contributed by atoms with Crippen LogP contribution in [0.4, 0.5) is 5.95 Å². The molecule has 1 heterocycles. The normalized spacial score (nSPS) is 10.9. The molecule has 0 spiro atoms. The first-order valence-corrected chi connectivity index (χ1v) is 5.52. The fraction of sp³-hybridized carbons (Fsp3) is 0.0714. The van der Waals surface area contributed by atoms with E-state index in [9.17, 15) is 0 Å². The number of benzene rings is 2. The van der Waals surface area contributed by atoms with Crippen molar-refractivity contribution in [1.82, 2.24) is 9.55 Å². The van der Waals surface area contributed by atoms with Gasteiger partial charge in [0, 0.05) is 12.6 Å². The van der Waals surface area contributed by atoms with Crippen LogP contribution in [0, 0.1) is 0 Å². The lowest BCUT2D eigenvalue weighted by Crippen LogP contribution is -1.98. The standard InChI is InChI=1S/C14H13N3/c1-17-13(9-16-14(17)15)12-8-4-6-10-5-2-3-7-11(10)12/h2-9H,1H3,(H2,15,16). The molecule has 0 amide bonds. The number of anilines is 1. The van der Waals surface area contributed by atoms with Crippen LogP contribution in [0.3, 0.4) is 0 Å². The molecule has 3 aromatic rings. The predicted molar refractivity (Wildman–Crippen MR) is 70.6 cm³/mol. The third kappa shape index (κ3) is 1.47. The molecule has 2 aromatic carbocycles. The van der Waals surface area contributed by atoms with Crippen LogP contribution in [0.25, 0.3) is 22.0 Å². The van der Waals surface area contributed by atoms with Gasteiger partial charge < -0.3 is 10.3 Å². The van der Waals surface area contributed by atoms with Crippen molar-refractivity contribution in [2.24, 2.45) is 7.05 Å². The van der Waals surface area contributed by atoms with Gasteiger partial charge in [-0.25, -0.2) is 4.98 Å². The molecule has 17 heavy (non-hydrogen) atoms. The van der Waals surface area contributed by atoms with E-state index in [1.165, 1.54) is 10.8 Å². The zero-order valence-corrected chi connectivity index (χ0v) is 9.59. The Morgan fingerprint density at radius 1 is 1.06 bits per heavy atom. The number of hydrogen-bond donors (Lipinski definition) is 1. The molecule has 0 aliphatic carbocycles. The molecule has 3 rings (SSSR count). The third-order valence-corrected chi connectivity index (χ3v) is 3.09. The minimum absolute atomic E-state index is 0.535. The van der Waals surface area contributed by atoms with Gasteiger partial charge in [0.15, 0.2) is 5.95 Å². The number of nitrogen functional groups attached to an aromatic ring is 1. The zero-order chi connectivity index (χ0) is 11.8. The highest BCUT2D eigenvalue weighted by Gasteiger charge is 2.08.